The van der Waals surface area contributed by atoms with E-state index in [9.17, 15) is 0 Å². The fraction of sp³-hybridized carbons (Fsp3) is 0.739. The zero-order chi connectivity index (χ0) is 19.3. The summed E-state index contributed by atoms with van der Waals surface area (Å²) in [6, 6.07) is 4.33. The van der Waals surface area contributed by atoms with Crippen molar-refractivity contribution in [3.8, 4) is 11.5 Å². The molecule has 150 valence electrons. The third-order valence-electron chi connectivity index (χ3n) is 6.95. The van der Waals surface area contributed by atoms with Crippen LogP contribution in [0, 0.1) is 16.7 Å². The largest absolute Gasteiger partial charge is 0.490 e. The zero-order valence-electron chi connectivity index (χ0n) is 17.3. The van der Waals surface area contributed by atoms with Crippen molar-refractivity contribution < 1.29 is 9.47 Å². The highest BCUT2D eigenvalue weighted by molar-refractivity contribution is 9.10. The van der Waals surface area contributed by atoms with Crippen LogP contribution in [0.1, 0.15) is 71.8 Å². The van der Waals surface area contributed by atoms with E-state index in [4.69, 9.17) is 9.47 Å². The van der Waals surface area contributed by atoms with Gasteiger partial charge < -0.3 is 14.8 Å². The Bertz CT molecular complexity index is 701. The number of benzene rings is 1. The highest BCUT2D eigenvalue weighted by Crippen LogP contribution is 2.66. The molecule has 0 amide bonds. The molecule has 1 aromatic carbocycles. The van der Waals surface area contributed by atoms with Gasteiger partial charge in [0.1, 0.15) is 0 Å². The average molecular weight is 436 g/mol. The first-order valence-corrected chi connectivity index (χ1v) is 11.4. The molecule has 4 fully saturated rings. The van der Waals surface area contributed by atoms with E-state index in [1.54, 1.807) is 0 Å². The highest BCUT2D eigenvalue weighted by atomic mass is 79.9. The van der Waals surface area contributed by atoms with E-state index < -0.39 is 0 Å². The lowest BCUT2D eigenvalue weighted by molar-refractivity contribution is -0.118. The van der Waals surface area contributed by atoms with Crippen LogP contribution in [-0.4, -0.2) is 18.8 Å². The molecule has 27 heavy (non-hydrogen) atoms. The first kappa shape index (κ1) is 19.6. The van der Waals surface area contributed by atoms with Crippen LogP contribution in [0.2, 0.25) is 0 Å². The second-order valence-corrected chi connectivity index (χ2v) is 10.9. The normalized spacial score (nSPS) is 36.9. The van der Waals surface area contributed by atoms with Gasteiger partial charge in [-0.2, -0.15) is 0 Å². The first-order chi connectivity index (χ1) is 12.8. The van der Waals surface area contributed by atoms with E-state index in [0.717, 1.165) is 28.4 Å². The molecular formula is C23H34BrNO2. The smallest absolute Gasteiger partial charge is 0.175 e. The molecule has 3 nitrogen and oxygen atoms in total. The Kier molecular flexibility index (Phi) is 5.04. The number of nitrogens with one attached hydrogen (secondary N) is 1. The summed E-state index contributed by atoms with van der Waals surface area (Å²) in [7, 11) is 0. The van der Waals surface area contributed by atoms with Crippen LogP contribution in [0.4, 0.5) is 0 Å². The molecule has 0 aromatic heterocycles. The lowest BCUT2D eigenvalue weighted by Gasteiger charge is -2.65. The number of ether oxygens (including phenoxy) is 2. The van der Waals surface area contributed by atoms with Crippen molar-refractivity contribution in [1.82, 2.24) is 5.32 Å². The Hall–Kier alpha value is -0.740. The standard InChI is InChI=1S/C23H34BrNO2/c1-5-26-19-8-16(7-18(24)20(19)27-6-2)12-25-23-11-17-9-21(3,14-23)13-22(4,10-17)15-23/h7-8,17,25H,5-6,9-15H2,1-4H3/t17?,21-,22+,23?. The van der Waals surface area contributed by atoms with E-state index in [-0.39, 0.29) is 0 Å². The number of rotatable bonds is 7. The van der Waals surface area contributed by atoms with E-state index >= 15 is 0 Å². The van der Waals surface area contributed by atoms with Gasteiger partial charge in [-0.05, 0) is 103 Å². The van der Waals surface area contributed by atoms with Crippen molar-refractivity contribution in [3.05, 3.63) is 22.2 Å². The molecule has 4 bridgehead atoms. The third kappa shape index (κ3) is 3.76. The van der Waals surface area contributed by atoms with Crippen molar-refractivity contribution in [2.45, 2.75) is 78.3 Å². The molecular weight excluding hydrogens is 402 g/mol. The van der Waals surface area contributed by atoms with Crippen molar-refractivity contribution in [2.75, 3.05) is 13.2 Å². The van der Waals surface area contributed by atoms with Crippen molar-refractivity contribution >= 4 is 15.9 Å². The Morgan fingerprint density at radius 1 is 1.00 bits per heavy atom. The average Bonchev–Trinajstić information content (AvgIpc) is 2.53. The molecule has 5 rings (SSSR count). The molecule has 4 atom stereocenters. The van der Waals surface area contributed by atoms with Crippen LogP contribution in [-0.2, 0) is 6.54 Å². The van der Waals surface area contributed by atoms with Crippen LogP contribution in [0.3, 0.4) is 0 Å². The molecule has 0 spiro atoms. The second-order valence-electron chi connectivity index (χ2n) is 10.0. The fourth-order valence-electron chi connectivity index (χ4n) is 7.21. The minimum Gasteiger partial charge on any atom is -0.490 e. The monoisotopic (exact) mass is 435 g/mol. The predicted octanol–water partition coefficient (Wildman–Crippen LogP) is 6.09. The second kappa shape index (κ2) is 6.95. The Morgan fingerprint density at radius 3 is 2.26 bits per heavy atom. The number of hydrogen-bond acceptors (Lipinski definition) is 3. The lowest BCUT2D eigenvalue weighted by Crippen LogP contribution is -2.63. The molecule has 4 aliphatic carbocycles. The van der Waals surface area contributed by atoms with Gasteiger partial charge in [0.25, 0.3) is 0 Å². The molecule has 2 unspecified atom stereocenters. The van der Waals surface area contributed by atoms with Crippen molar-refractivity contribution in [3.63, 3.8) is 0 Å². The van der Waals surface area contributed by atoms with Gasteiger partial charge in [0.05, 0.1) is 17.7 Å². The minimum atomic E-state index is 0.319. The topological polar surface area (TPSA) is 30.5 Å². The zero-order valence-corrected chi connectivity index (χ0v) is 18.9. The van der Waals surface area contributed by atoms with Crippen LogP contribution >= 0.6 is 15.9 Å². The summed E-state index contributed by atoms with van der Waals surface area (Å²) in [6.45, 7) is 11.3. The molecule has 0 saturated heterocycles. The fourth-order valence-corrected chi connectivity index (χ4v) is 7.81. The van der Waals surface area contributed by atoms with Crippen molar-refractivity contribution in [2.24, 2.45) is 16.7 Å². The number of halogens is 1. The molecule has 4 aliphatic rings. The maximum absolute atomic E-state index is 5.86. The van der Waals surface area contributed by atoms with Gasteiger partial charge in [-0.3, -0.25) is 0 Å². The minimum absolute atomic E-state index is 0.319. The van der Waals surface area contributed by atoms with Crippen LogP contribution in [0.5, 0.6) is 11.5 Å². The van der Waals surface area contributed by atoms with E-state index in [0.29, 0.717) is 29.6 Å². The summed E-state index contributed by atoms with van der Waals surface area (Å²) in [6.07, 6.45) is 8.33. The van der Waals surface area contributed by atoms with Gasteiger partial charge in [-0.15, -0.1) is 0 Å². The SMILES string of the molecule is CCOc1cc(CNC23CC4C[C@@](C)(C2)C[C@](C)(C4)C3)cc(Br)c1OCC. The quantitative estimate of drug-likeness (QED) is 0.562. The van der Waals surface area contributed by atoms with Gasteiger partial charge in [-0.1, -0.05) is 13.8 Å². The first-order valence-electron chi connectivity index (χ1n) is 10.6. The molecule has 4 saturated carbocycles. The summed E-state index contributed by atoms with van der Waals surface area (Å²) < 4.78 is 12.6. The van der Waals surface area contributed by atoms with E-state index in [1.165, 1.54) is 44.1 Å². The molecule has 0 aliphatic heterocycles. The summed E-state index contributed by atoms with van der Waals surface area (Å²) in [5, 5.41) is 4.02. The maximum atomic E-state index is 5.86. The summed E-state index contributed by atoms with van der Waals surface area (Å²) in [5.41, 5.74) is 2.66. The van der Waals surface area contributed by atoms with Crippen LogP contribution < -0.4 is 14.8 Å². The molecule has 1 N–H and O–H groups in total. The number of hydrogen-bond donors (Lipinski definition) is 1. The predicted molar refractivity (Wildman–Crippen MR) is 113 cm³/mol. The Balaban J connectivity index is 1.53. The van der Waals surface area contributed by atoms with Gasteiger partial charge in [-0.25, -0.2) is 0 Å². The van der Waals surface area contributed by atoms with Crippen molar-refractivity contribution in [1.29, 1.82) is 0 Å². The maximum Gasteiger partial charge on any atom is 0.175 e. The molecule has 1 aromatic rings. The Morgan fingerprint density at radius 2 is 1.67 bits per heavy atom. The van der Waals surface area contributed by atoms with Gasteiger partial charge >= 0.3 is 0 Å². The van der Waals surface area contributed by atoms with E-state index in [1.807, 2.05) is 13.8 Å². The summed E-state index contributed by atoms with van der Waals surface area (Å²) in [4.78, 5) is 0. The highest BCUT2D eigenvalue weighted by Gasteiger charge is 2.59. The Labute approximate surface area is 172 Å². The van der Waals surface area contributed by atoms with Gasteiger partial charge in [0.2, 0.25) is 0 Å². The van der Waals surface area contributed by atoms with E-state index in [2.05, 4.69) is 47.2 Å². The van der Waals surface area contributed by atoms with Crippen LogP contribution in [0.15, 0.2) is 16.6 Å². The summed E-state index contributed by atoms with van der Waals surface area (Å²) >= 11 is 3.69. The van der Waals surface area contributed by atoms with Crippen LogP contribution in [0.25, 0.3) is 0 Å². The summed E-state index contributed by atoms with van der Waals surface area (Å²) in [5.74, 6) is 2.57. The molecule has 0 heterocycles. The third-order valence-corrected chi connectivity index (χ3v) is 7.54. The molecule has 0 radical (unpaired) electrons. The lowest BCUT2D eigenvalue weighted by atomic mass is 9.43. The van der Waals surface area contributed by atoms with Gasteiger partial charge in [0.15, 0.2) is 11.5 Å². The molecule has 4 heteroatoms. The van der Waals surface area contributed by atoms with Gasteiger partial charge in [0, 0.05) is 12.1 Å².